The number of anilines is 1. The number of aromatic nitrogens is 3. The molecule has 20 heavy (non-hydrogen) atoms. The Labute approximate surface area is 117 Å². The van der Waals surface area contributed by atoms with Crippen molar-refractivity contribution in [2.75, 3.05) is 5.32 Å². The molecule has 0 atom stereocenters. The van der Waals surface area contributed by atoms with E-state index in [1.165, 1.54) is 11.1 Å². The van der Waals surface area contributed by atoms with Crippen LogP contribution >= 0.6 is 0 Å². The molecule has 0 spiro atoms. The summed E-state index contributed by atoms with van der Waals surface area (Å²) in [5, 5.41) is 10.3. The van der Waals surface area contributed by atoms with Crippen molar-refractivity contribution < 1.29 is 0 Å². The quantitative estimate of drug-likeness (QED) is 0.759. The Morgan fingerprint density at radius 1 is 1.05 bits per heavy atom. The predicted octanol–water partition coefficient (Wildman–Crippen LogP) is 3.39. The third kappa shape index (κ3) is 2.69. The number of aryl methyl sites for hydroxylation is 1. The number of hydrogen-bond acceptors (Lipinski definition) is 3. The van der Waals surface area contributed by atoms with Gasteiger partial charge in [0.1, 0.15) is 0 Å². The van der Waals surface area contributed by atoms with E-state index in [4.69, 9.17) is 0 Å². The van der Waals surface area contributed by atoms with Crippen LogP contribution in [0.4, 0.5) is 5.69 Å². The molecule has 2 heterocycles. The van der Waals surface area contributed by atoms with Crippen LogP contribution in [0.1, 0.15) is 11.1 Å². The first-order chi connectivity index (χ1) is 9.83. The van der Waals surface area contributed by atoms with Crippen molar-refractivity contribution in [1.29, 1.82) is 0 Å². The highest BCUT2D eigenvalue weighted by molar-refractivity contribution is 5.62. The SMILES string of the molecule is Cc1ccncc1CNc1ccc(-c2ccn[nH]2)cc1. The van der Waals surface area contributed by atoms with E-state index in [1.54, 1.807) is 6.20 Å². The number of nitrogens with one attached hydrogen (secondary N) is 2. The lowest BCUT2D eigenvalue weighted by Crippen LogP contribution is -2.01. The van der Waals surface area contributed by atoms with E-state index < -0.39 is 0 Å². The molecule has 0 radical (unpaired) electrons. The third-order valence-corrected chi connectivity index (χ3v) is 3.33. The monoisotopic (exact) mass is 264 g/mol. The normalized spacial score (nSPS) is 10.4. The number of aromatic amines is 1. The van der Waals surface area contributed by atoms with Crippen LogP contribution in [0.25, 0.3) is 11.3 Å². The lowest BCUT2D eigenvalue weighted by Gasteiger charge is -2.09. The second kappa shape index (κ2) is 5.57. The zero-order chi connectivity index (χ0) is 13.8. The van der Waals surface area contributed by atoms with Gasteiger partial charge in [0.25, 0.3) is 0 Å². The third-order valence-electron chi connectivity index (χ3n) is 3.33. The minimum Gasteiger partial charge on any atom is -0.381 e. The highest BCUT2D eigenvalue weighted by Crippen LogP contribution is 2.19. The highest BCUT2D eigenvalue weighted by Gasteiger charge is 2.00. The van der Waals surface area contributed by atoms with Gasteiger partial charge in [-0.2, -0.15) is 5.10 Å². The standard InChI is InChI=1S/C16H16N4/c1-12-6-8-17-10-14(12)11-18-15-4-2-13(3-5-15)16-7-9-19-20-16/h2-10,18H,11H2,1H3,(H,19,20). The van der Waals surface area contributed by atoms with Gasteiger partial charge >= 0.3 is 0 Å². The zero-order valence-electron chi connectivity index (χ0n) is 11.3. The Kier molecular flexibility index (Phi) is 3.46. The van der Waals surface area contributed by atoms with E-state index in [2.05, 4.69) is 51.7 Å². The van der Waals surface area contributed by atoms with Crippen LogP contribution in [0.5, 0.6) is 0 Å². The summed E-state index contributed by atoms with van der Waals surface area (Å²) in [7, 11) is 0. The van der Waals surface area contributed by atoms with E-state index in [9.17, 15) is 0 Å². The highest BCUT2D eigenvalue weighted by atomic mass is 15.1. The van der Waals surface area contributed by atoms with E-state index >= 15 is 0 Å². The molecule has 2 N–H and O–H groups in total. The van der Waals surface area contributed by atoms with E-state index in [0.717, 1.165) is 23.5 Å². The molecule has 3 aromatic rings. The summed E-state index contributed by atoms with van der Waals surface area (Å²) in [6.07, 6.45) is 5.48. The number of pyridine rings is 1. The van der Waals surface area contributed by atoms with Gasteiger partial charge in [-0.15, -0.1) is 0 Å². The fourth-order valence-corrected chi connectivity index (χ4v) is 2.06. The van der Waals surface area contributed by atoms with Crippen LogP contribution < -0.4 is 5.32 Å². The fraction of sp³-hybridized carbons (Fsp3) is 0.125. The van der Waals surface area contributed by atoms with Gasteiger partial charge in [0.2, 0.25) is 0 Å². The van der Waals surface area contributed by atoms with Crippen LogP contribution in [0.3, 0.4) is 0 Å². The van der Waals surface area contributed by atoms with Crippen LogP contribution in [0.2, 0.25) is 0 Å². The number of hydrogen-bond donors (Lipinski definition) is 2. The van der Waals surface area contributed by atoms with Crippen molar-refractivity contribution in [3.8, 4) is 11.3 Å². The maximum absolute atomic E-state index is 4.15. The molecule has 4 heteroatoms. The Morgan fingerprint density at radius 3 is 2.60 bits per heavy atom. The summed E-state index contributed by atoms with van der Waals surface area (Å²) in [6.45, 7) is 2.88. The number of rotatable bonds is 4. The van der Waals surface area contributed by atoms with E-state index in [-0.39, 0.29) is 0 Å². The molecular weight excluding hydrogens is 248 g/mol. The van der Waals surface area contributed by atoms with Gasteiger partial charge in [-0.05, 0) is 47.9 Å². The van der Waals surface area contributed by atoms with Crippen LogP contribution in [0.15, 0.2) is 55.0 Å². The lowest BCUT2D eigenvalue weighted by atomic mass is 10.1. The van der Waals surface area contributed by atoms with Crippen molar-refractivity contribution in [3.05, 3.63) is 66.1 Å². The largest absolute Gasteiger partial charge is 0.381 e. The Hall–Kier alpha value is -2.62. The molecule has 0 saturated carbocycles. The van der Waals surface area contributed by atoms with Gasteiger partial charge in [0.15, 0.2) is 0 Å². The van der Waals surface area contributed by atoms with Gasteiger partial charge in [0.05, 0.1) is 5.69 Å². The average Bonchev–Trinajstić information content (AvgIpc) is 3.01. The fourth-order valence-electron chi connectivity index (χ4n) is 2.06. The molecule has 3 rings (SSSR count). The van der Waals surface area contributed by atoms with Crippen LogP contribution in [-0.2, 0) is 6.54 Å². The molecule has 0 saturated heterocycles. The summed E-state index contributed by atoms with van der Waals surface area (Å²) in [4.78, 5) is 4.15. The number of nitrogens with zero attached hydrogens (tertiary/aromatic N) is 2. The van der Waals surface area contributed by atoms with Gasteiger partial charge in [-0.1, -0.05) is 12.1 Å². The molecular formula is C16H16N4. The van der Waals surface area contributed by atoms with Crippen molar-refractivity contribution >= 4 is 5.69 Å². The molecule has 0 aliphatic heterocycles. The lowest BCUT2D eigenvalue weighted by molar-refractivity contribution is 1.08. The van der Waals surface area contributed by atoms with Crippen molar-refractivity contribution in [1.82, 2.24) is 15.2 Å². The molecule has 0 fully saturated rings. The topological polar surface area (TPSA) is 53.6 Å². The summed E-state index contributed by atoms with van der Waals surface area (Å²) in [6, 6.07) is 12.3. The molecule has 0 aliphatic rings. The van der Waals surface area contributed by atoms with Gasteiger partial charge < -0.3 is 5.32 Å². The predicted molar refractivity (Wildman–Crippen MR) is 80.3 cm³/mol. The molecule has 0 amide bonds. The molecule has 4 nitrogen and oxygen atoms in total. The molecule has 0 unspecified atom stereocenters. The minimum atomic E-state index is 0.781. The first kappa shape index (κ1) is 12.4. The minimum absolute atomic E-state index is 0.781. The van der Waals surface area contributed by atoms with E-state index in [0.29, 0.717) is 0 Å². The average molecular weight is 264 g/mol. The van der Waals surface area contributed by atoms with Gasteiger partial charge in [-0.25, -0.2) is 0 Å². The molecule has 100 valence electrons. The smallest absolute Gasteiger partial charge is 0.0650 e. The van der Waals surface area contributed by atoms with Gasteiger partial charge in [-0.3, -0.25) is 10.1 Å². The van der Waals surface area contributed by atoms with Crippen molar-refractivity contribution in [3.63, 3.8) is 0 Å². The van der Waals surface area contributed by atoms with Crippen molar-refractivity contribution in [2.45, 2.75) is 13.5 Å². The Morgan fingerprint density at radius 2 is 1.90 bits per heavy atom. The van der Waals surface area contributed by atoms with Crippen LogP contribution in [-0.4, -0.2) is 15.2 Å². The summed E-state index contributed by atoms with van der Waals surface area (Å²) < 4.78 is 0. The Balaban J connectivity index is 1.68. The van der Waals surface area contributed by atoms with E-state index in [1.807, 2.05) is 24.5 Å². The van der Waals surface area contributed by atoms with Crippen molar-refractivity contribution in [2.24, 2.45) is 0 Å². The van der Waals surface area contributed by atoms with Crippen LogP contribution in [0, 0.1) is 6.92 Å². The summed E-state index contributed by atoms with van der Waals surface area (Å²) in [5.41, 5.74) is 5.72. The number of benzene rings is 1. The number of H-pyrrole nitrogens is 1. The van der Waals surface area contributed by atoms with Gasteiger partial charge in [0, 0.05) is 30.8 Å². The molecule has 1 aromatic carbocycles. The second-order valence-electron chi connectivity index (χ2n) is 4.70. The first-order valence-electron chi connectivity index (χ1n) is 6.56. The molecule has 0 bridgehead atoms. The Bertz CT molecular complexity index is 672. The maximum Gasteiger partial charge on any atom is 0.0650 e. The first-order valence-corrected chi connectivity index (χ1v) is 6.56. The maximum atomic E-state index is 4.15. The molecule has 2 aromatic heterocycles. The summed E-state index contributed by atoms with van der Waals surface area (Å²) >= 11 is 0. The summed E-state index contributed by atoms with van der Waals surface area (Å²) in [5.74, 6) is 0. The second-order valence-corrected chi connectivity index (χ2v) is 4.70. The zero-order valence-corrected chi connectivity index (χ0v) is 11.3. The molecule has 0 aliphatic carbocycles.